The van der Waals surface area contributed by atoms with E-state index in [-0.39, 0.29) is 29.9 Å². The van der Waals surface area contributed by atoms with Crippen LogP contribution >= 0.6 is 24.0 Å². The van der Waals surface area contributed by atoms with Crippen LogP contribution in [0.5, 0.6) is 5.75 Å². The Morgan fingerprint density at radius 1 is 1.46 bits per heavy atom. The number of nitrogens with two attached hydrogens (primary N) is 1. The number of fused-ring (bicyclic) bond motifs is 1. The Labute approximate surface area is 172 Å². The van der Waals surface area contributed by atoms with Gasteiger partial charge in [0.25, 0.3) is 0 Å². The first-order valence-electron chi connectivity index (χ1n) is 9.14. The average Bonchev–Trinajstić information content (AvgIpc) is 3.06. The summed E-state index contributed by atoms with van der Waals surface area (Å²) < 4.78 is 5.56. The van der Waals surface area contributed by atoms with E-state index in [1.165, 1.54) is 11.1 Å². The summed E-state index contributed by atoms with van der Waals surface area (Å²) in [5.41, 5.74) is 7.98. The zero-order valence-electron chi connectivity index (χ0n) is 15.4. The van der Waals surface area contributed by atoms with Gasteiger partial charge in [0, 0.05) is 39.5 Å². The highest BCUT2D eigenvalue weighted by molar-refractivity contribution is 14.0. The Morgan fingerprint density at radius 2 is 2.31 bits per heavy atom. The normalized spacial score (nSPS) is 19.3. The highest BCUT2D eigenvalue weighted by atomic mass is 127. The second-order valence-electron chi connectivity index (χ2n) is 6.89. The molecule has 2 aliphatic rings. The Hall–Kier alpha value is -1.51. The Bertz CT molecular complexity index is 650. The highest BCUT2D eigenvalue weighted by Crippen LogP contribution is 2.26. The summed E-state index contributed by atoms with van der Waals surface area (Å²) in [6, 6.07) is 6.46. The summed E-state index contributed by atoms with van der Waals surface area (Å²) in [5, 5.41) is 3.46. The lowest BCUT2D eigenvalue weighted by Crippen LogP contribution is -2.47. The summed E-state index contributed by atoms with van der Waals surface area (Å²) in [7, 11) is 1.81. The molecule has 144 valence electrons. The molecule has 1 saturated heterocycles. The summed E-state index contributed by atoms with van der Waals surface area (Å²) in [6.45, 7) is 3.46. The number of hydrogen-bond donors (Lipinski definition) is 2. The Kier molecular flexibility index (Phi) is 7.99. The summed E-state index contributed by atoms with van der Waals surface area (Å²) in [6.07, 6.45) is 4.56. The van der Waals surface area contributed by atoms with Gasteiger partial charge in [-0.3, -0.25) is 9.79 Å². The van der Waals surface area contributed by atoms with E-state index in [4.69, 9.17) is 10.5 Å². The van der Waals surface area contributed by atoms with Crippen LogP contribution in [0.4, 0.5) is 0 Å². The van der Waals surface area contributed by atoms with Crippen LogP contribution in [0.1, 0.15) is 30.4 Å². The number of nitrogens with zero attached hydrogens (tertiary/aromatic N) is 2. The van der Waals surface area contributed by atoms with Gasteiger partial charge in [-0.15, -0.1) is 24.0 Å². The molecule has 1 atom stereocenters. The van der Waals surface area contributed by atoms with Crippen molar-refractivity contribution < 1.29 is 9.53 Å². The van der Waals surface area contributed by atoms with Crippen LogP contribution in [-0.2, 0) is 17.6 Å². The number of hydrogen-bond acceptors (Lipinski definition) is 3. The molecule has 0 aromatic heterocycles. The number of piperidine rings is 1. The first kappa shape index (κ1) is 20.8. The Morgan fingerprint density at radius 3 is 3.08 bits per heavy atom. The number of likely N-dealkylation sites (tertiary alicyclic amines) is 1. The van der Waals surface area contributed by atoms with Gasteiger partial charge >= 0.3 is 0 Å². The number of benzene rings is 1. The number of primary amides is 1. The van der Waals surface area contributed by atoms with Crippen molar-refractivity contribution in [3.8, 4) is 5.75 Å². The first-order chi connectivity index (χ1) is 12.2. The van der Waals surface area contributed by atoms with Gasteiger partial charge in [0.05, 0.1) is 6.61 Å². The summed E-state index contributed by atoms with van der Waals surface area (Å²) >= 11 is 0. The van der Waals surface area contributed by atoms with Crippen molar-refractivity contribution in [2.45, 2.75) is 32.1 Å². The predicted octanol–water partition coefficient (Wildman–Crippen LogP) is 1.94. The number of nitrogens with one attached hydrogen (secondary N) is 1. The molecular weight excluding hydrogens is 443 g/mol. The monoisotopic (exact) mass is 472 g/mol. The smallest absolute Gasteiger partial charge is 0.217 e. The molecule has 2 heterocycles. The average molecular weight is 472 g/mol. The minimum Gasteiger partial charge on any atom is -0.493 e. The molecule has 1 aromatic rings. The van der Waals surface area contributed by atoms with Crippen molar-refractivity contribution in [1.29, 1.82) is 0 Å². The maximum Gasteiger partial charge on any atom is 0.217 e. The van der Waals surface area contributed by atoms with E-state index in [2.05, 4.69) is 33.4 Å². The standard InChI is InChI=1S/C19H28N4O2.HI/c1-21-19(23-9-2-3-15(13-23)12-18(20)24)22-8-6-14-4-5-17-16(11-14)7-10-25-17;/h4-5,11,15H,2-3,6-10,12-13H2,1H3,(H2,20,24)(H,21,22);1H. The molecule has 0 spiro atoms. The van der Waals surface area contributed by atoms with E-state index in [1.54, 1.807) is 0 Å². The van der Waals surface area contributed by atoms with Crippen molar-refractivity contribution in [2.24, 2.45) is 16.6 Å². The van der Waals surface area contributed by atoms with Gasteiger partial charge in [-0.05, 0) is 42.4 Å². The molecule has 1 amide bonds. The fourth-order valence-electron chi connectivity index (χ4n) is 3.75. The third-order valence-electron chi connectivity index (χ3n) is 4.97. The van der Waals surface area contributed by atoms with Crippen molar-refractivity contribution in [2.75, 3.05) is 33.3 Å². The van der Waals surface area contributed by atoms with Gasteiger partial charge in [-0.25, -0.2) is 0 Å². The predicted molar refractivity (Wildman–Crippen MR) is 114 cm³/mol. The largest absolute Gasteiger partial charge is 0.493 e. The summed E-state index contributed by atoms with van der Waals surface area (Å²) in [5.74, 6) is 2.07. The number of carbonyl (C=O) groups is 1. The van der Waals surface area contributed by atoms with E-state index >= 15 is 0 Å². The zero-order valence-corrected chi connectivity index (χ0v) is 17.7. The molecular formula is C19H29IN4O2. The SMILES string of the molecule is CN=C(NCCc1ccc2c(c1)CCO2)N1CCCC(CC(N)=O)C1.I. The van der Waals surface area contributed by atoms with E-state index in [1.807, 2.05) is 7.05 Å². The van der Waals surface area contributed by atoms with Gasteiger partial charge in [0.15, 0.2) is 5.96 Å². The van der Waals surface area contributed by atoms with Crippen molar-refractivity contribution >= 4 is 35.8 Å². The van der Waals surface area contributed by atoms with Gasteiger partial charge in [0.1, 0.15) is 5.75 Å². The molecule has 0 bridgehead atoms. The maximum atomic E-state index is 11.2. The van der Waals surface area contributed by atoms with Gasteiger partial charge < -0.3 is 20.7 Å². The first-order valence-corrected chi connectivity index (χ1v) is 9.14. The molecule has 1 aromatic carbocycles. The zero-order chi connectivity index (χ0) is 17.6. The van der Waals surface area contributed by atoms with Crippen LogP contribution in [0.3, 0.4) is 0 Å². The molecule has 3 N–H and O–H groups in total. The van der Waals surface area contributed by atoms with Crippen LogP contribution in [0.15, 0.2) is 23.2 Å². The molecule has 7 heteroatoms. The minimum absolute atomic E-state index is 0. The van der Waals surface area contributed by atoms with E-state index in [0.717, 1.165) is 63.6 Å². The molecule has 0 aliphatic carbocycles. The van der Waals surface area contributed by atoms with Crippen LogP contribution in [0.2, 0.25) is 0 Å². The van der Waals surface area contributed by atoms with Crippen molar-refractivity contribution in [1.82, 2.24) is 10.2 Å². The second kappa shape index (κ2) is 9.99. The van der Waals surface area contributed by atoms with Crippen LogP contribution < -0.4 is 15.8 Å². The highest BCUT2D eigenvalue weighted by Gasteiger charge is 2.23. The lowest BCUT2D eigenvalue weighted by atomic mass is 9.95. The number of carbonyl (C=O) groups excluding carboxylic acids is 1. The third kappa shape index (κ3) is 5.49. The fraction of sp³-hybridized carbons (Fsp3) is 0.579. The van der Waals surface area contributed by atoms with Gasteiger partial charge in [-0.1, -0.05) is 12.1 Å². The second-order valence-corrected chi connectivity index (χ2v) is 6.89. The molecule has 1 fully saturated rings. The number of amides is 1. The molecule has 26 heavy (non-hydrogen) atoms. The number of ether oxygens (including phenoxy) is 1. The quantitative estimate of drug-likeness (QED) is 0.390. The minimum atomic E-state index is -0.213. The van der Waals surface area contributed by atoms with Crippen molar-refractivity contribution in [3.05, 3.63) is 29.3 Å². The number of aliphatic imine (C=N–C) groups is 1. The molecule has 0 radical (unpaired) electrons. The van der Waals surface area contributed by atoms with E-state index < -0.39 is 0 Å². The van der Waals surface area contributed by atoms with Gasteiger partial charge in [0.2, 0.25) is 5.91 Å². The molecule has 6 nitrogen and oxygen atoms in total. The fourth-order valence-corrected chi connectivity index (χ4v) is 3.75. The molecule has 3 rings (SSSR count). The van der Waals surface area contributed by atoms with Gasteiger partial charge in [-0.2, -0.15) is 0 Å². The molecule has 2 aliphatic heterocycles. The lowest BCUT2D eigenvalue weighted by molar-refractivity contribution is -0.119. The lowest BCUT2D eigenvalue weighted by Gasteiger charge is -2.34. The van der Waals surface area contributed by atoms with Crippen LogP contribution in [-0.4, -0.2) is 50.1 Å². The molecule has 0 saturated carbocycles. The molecule has 1 unspecified atom stereocenters. The van der Waals surface area contributed by atoms with Crippen molar-refractivity contribution in [3.63, 3.8) is 0 Å². The topological polar surface area (TPSA) is 80.0 Å². The third-order valence-corrected chi connectivity index (χ3v) is 4.97. The van der Waals surface area contributed by atoms with E-state index in [9.17, 15) is 4.79 Å². The Balaban J connectivity index is 0.00000243. The number of halogens is 1. The number of rotatable bonds is 5. The summed E-state index contributed by atoms with van der Waals surface area (Å²) in [4.78, 5) is 17.8. The number of guanidine groups is 1. The maximum absolute atomic E-state index is 11.2. The van der Waals surface area contributed by atoms with Crippen LogP contribution in [0.25, 0.3) is 0 Å². The van der Waals surface area contributed by atoms with E-state index in [0.29, 0.717) is 12.3 Å². The van der Waals surface area contributed by atoms with Crippen LogP contribution in [0, 0.1) is 5.92 Å².